The van der Waals surface area contributed by atoms with E-state index in [2.05, 4.69) is 20.8 Å². The molecular weight excluding hydrogens is 420 g/mol. The predicted molar refractivity (Wildman–Crippen MR) is 145 cm³/mol. The fraction of sp³-hybridized carbons (Fsp3) is 0.935. The SMILES string of the molecule is CC.CC.CC.CCC1C(=O)C2C3CCC(CCC(=O)OC)C3(C)CCC2C2(C)CCCCC12. The zero-order valence-corrected chi connectivity index (χ0v) is 24.5. The molecule has 8 atom stereocenters. The Morgan fingerprint density at radius 2 is 1.47 bits per heavy atom. The summed E-state index contributed by atoms with van der Waals surface area (Å²) in [6, 6.07) is 0. The van der Waals surface area contributed by atoms with E-state index in [0.717, 1.165) is 12.8 Å². The number of fused-ring (bicyclic) bond motifs is 5. The van der Waals surface area contributed by atoms with Crippen LogP contribution in [0.15, 0.2) is 0 Å². The number of carbonyl (C=O) groups is 2. The van der Waals surface area contributed by atoms with Gasteiger partial charge in [-0.3, -0.25) is 9.59 Å². The third kappa shape index (κ3) is 5.59. The molecule has 0 aliphatic heterocycles. The molecule has 3 heteroatoms. The Labute approximate surface area is 212 Å². The summed E-state index contributed by atoms with van der Waals surface area (Å²) in [5, 5.41) is 0. The van der Waals surface area contributed by atoms with Crippen molar-refractivity contribution in [3.8, 4) is 0 Å². The molecule has 3 nitrogen and oxygen atoms in total. The van der Waals surface area contributed by atoms with Crippen LogP contribution in [0, 0.1) is 46.3 Å². The molecule has 0 heterocycles. The average molecular weight is 479 g/mol. The third-order valence-electron chi connectivity index (χ3n) is 10.2. The molecule has 34 heavy (non-hydrogen) atoms. The van der Waals surface area contributed by atoms with E-state index in [9.17, 15) is 9.59 Å². The van der Waals surface area contributed by atoms with Crippen molar-refractivity contribution in [1.82, 2.24) is 0 Å². The number of esters is 1. The second-order valence-electron chi connectivity index (χ2n) is 10.9. The van der Waals surface area contributed by atoms with Crippen LogP contribution < -0.4 is 0 Å². The molecule has 200 valence electrons. The van der Waals surface area contributed by atoms with Crippen molar-refractivity contribution in [2.45, 2.75) is 133 Å². The van der Waals surface area contributed by atoms with Crippen LogP contribution in [-0.2, 0) is 14.3 Å². The minimum absolute atomic E-state index is 0.0851. The van der Waals surface area contributed by atoms with Gasteiger partial charge in [0.25, 0.3) is 0 Å². The molecule has 0 radical (unpaired) electrons. The molecular formula is C31H58O3. The van der Waals surface area contributed by atoms with Crippen LogP contribution in [0.5, 0.6) is 0 Å². The van der Waals surface area contributed by atoms with Crippen molar-refractivity contribution in [2.24, 2.45) is 46.3 Å². The molecule has 0 aromatic heterocycles. The van der Waals surface area contributed by atoms with Gasteiger partial charge in [0.2, 0.25) is 0 Å². The molecule has 0 bridgehead atoms. The second-order valence-corrected chi connectivity index (χ2v) is 10.9. The van der Waals surface area contributed by atoms with Crippen LogP contribution in [-0.4, -0.2) is 18.9 Å². The van der Waals surface area contributed by atoms with E-state index in [1.807, 2.05) is 41.5 Å². The fourth-order valence-corrected chi connectivity index (χ4v) is 8.69. The third-order valence-corrected chi connectivity index (χ3v) is 10.2. The maximum Gasteiger partial charge on any atom is 0.305 e. The summed E-state index contributed by atoms with van der Waals surface area (Å²) in [7, 11) is 1.49. The molecule has 4 aliphatic rings. The molecule has 0 N–H and O–H groups in total. The summed E-state index contributed by atoms with van der Waals surface area (Å²) in [6.45, 7) is 19.2. The van der Waals surface area contributed by atoms with Gasteiger partial charge in [-0.2, -0.15) is 0 Å². The Balaban J connectivity index is 0.000000894. The number of Topliss-reactive ketones (excluding diaryl/α,β-unsaturated/α-hetero) is 1. The lowest BCUT2D eigenvalue weighted by atomic mass is 9.42. The van der Waals surface area contributed by atoms with Crippen molar-refractivity contribution < 1.29 is 14.3 Å². The summed E-state index contributed by atoms with van der Waals surface area (Å²) < 4.78 is 4.89. The molecule has 0 aromatic carbocycles. The van der Waals surface area contributed by atoms with Gasteiger partial charge < -0.3 is 4.74 Å². The molecule has 8 unspecified atom stereocenters. The lowest BCUT2D eigenvalue weighted by Gasteiger charge is -2.61. The standard InChI is InChI=1S/C25H40O3.3C2H6/c1-5-17-18-8-6-7-14-25(18,3)20-13-15-24(2)16(10-12-21(26)28-4)9-11-19(24)22(20)23(17)27;3*1-2/h16-20,22H,5-15H2,1-4H3;3*1-2H3. The number of carbonyl (C=O) groups excluding carboxylic acids is 2. The maximum absolute atomic E-state index is 13.8. The smallest absolute Gasteiger partial charge is 0.305 e. The summed E-state index contributed by atoms with van der Waals surface area (Å²) in [6.07, 6.45) is 12.6. The molecule has 0 aromatic rings. The van der Waals surface area contributed by atoms with Crippen LogP contribution >= 0.6 is 0 Å². The number of rotatable bonds is 4. The molecule has 4 fully saturated rings. The Morgan fingerprint density at radius 1 is 0.853 bits per heavy atom. The van der Waals surface area contributed by atoms with Crippen LogP contribution in [0.25, 0.3) is 0 Å². The summed E-state index contributed by atoms with van der Waals surface area (Å²) in [5.41, 5.74) is 0.615. The van der Waals surface area contributed by atoms with Gasteiger partial charge in [0.05, 0.1) is 7.11 Å². The monoisotopic (exact) mass is 478 g/mol. The highest BCUT2D eigenvalue weighted by atomic mass is 16.5. The number of hydrogen-bond donors (Lipinski definition) is 0. The number of hydrogen-bond acceptors (Lipinski definition) is 3. The lowest BCUT2D eigenvalue weighted by Crippen LogP contribution is -2.59. The van der Waals surface area contributed by atoms with Crippen molar-refractivity contribution >= 4 is 11.8 Å². The quantitative estimate of drug-likeness (QED) is 0.379. The Kier molecular flexibility index (Phi) is 12.9. The van der Waals surface area contributed by atoms with E-state index in [1.54, 1.807) is 0 Å². The van der Waals surface area contributed by atoms with Crippen LogP contribution in [0.4, 0.5) is 0 Å². The predicted octanol–water partition coefficient (Wildman–Crippen LogP) is 8.88. The first-order valence-corrected chi connectivity index (χ1v) is 15.0. The van der Waals surface area contributed by atoms with Crippen LogP contribution in [0.1, 0.15) is 133 Å². The van der Waals surface area contributed by atoms with Gasteiger partial charge in [-0.05, 0) is 85.9 Å². The second kappa shape index (κ2) is 14.0. The van der Waals surface area contributed by atoms with E-state index in [-0.39, 0.29) is 17.3 Å². The van der Waals surface area contributed by atoms with Crippen LogP contribution in [0.2, 0.25) is 0 Å². The summed E-state index contributed by atoms with van der Waals surface area (Å²) in [4.78, 5) is 25.5. The van der Waals surface area contributed by atoms with Crippen LogP contribution in [0.3, 0.4) is 0 Å². The van der Waals surface area contributed by atoms with Crippen molar-refractivity contribution in [3.05, 3.63) is 0 Å². The van der Waals surface area contributed by atoms with Crippen molar-refractivity contribution in [2.75, 3.05) is 7.11 Å². The number of ether oxygens (including phenoxy) is 1. The van der Waals surface area contributed by atoms with Crippen molar-refractivity contribution in [3.63, 3.8) is 0 Å². The average Bonchev–Trinajstić information content (AvgIpc) is 3.22. The largest absolute Gasteiger partial charge is 0.469 e. The van der Waals surface area contributed by atoms with E-state index in [1.165, 1.54) is 58.5 Å². The van der Waals surface area contributed by atoms with Gasteiger partial charge in [0.1, 0.15) is 5.78 Å². The topological polar surface area (TPSA) is 43.4 Å². The zero-order chi connectivity index (χ0) is 26.1. The van der Waals surface area contributed by atoms with Gasteiger partial charge in [0.15, 0.2) is 0 Å². The number of methoxy groups -OCH3 is 1. The first-order chi connectivity index (χ1) is 16.4. The van der Waals surface area contributed by atoms with Gasteiger partial charge in [0, 0.05) is 18.3 Å². The van der Waals surface area contributed by atoms with E-state index in [0.29, 0.717) is 47.2 Å². The molecule has 4 rings (SSSR count). The molecule has 0 saturated heterocycles. The highest BCUT2D eigenvalue weighted by Gasteiger charge is 2.64. The minimum atomic E-state index is -0.0851. The first-order valence-electron chi connectivity index (χ1n) is 15.0. The summed E-state index contributed by atoms with van der Waals surface area (Å²) >= 11 is 0. The van der Waals surface area contributed by atoms with E-state index >= 15 is 0 Å². The maximum atomic E-state index is 13.8. The van der Waals surface area contributed by atoms with E-state index < -0.39 is 0 Å². The zero-order valence-electron chi connectivity index (χ0n) is 24.5. The van der Waals surface area contributed by atoms with Gasteiger partial charge in [-0.25, -0.2) is 0 Å². The highest BCUT2D eigenvalue weighted by Crippen LogP contribution is 2.68. The molecule has 0 amide bonds. The van der Waals surface area contributed by atoms with Gasteiger partial charge in [-0.15, -0.1) is 0 Å². The molecule has 4 aliphatic carbocycles. The molecule has 4 saturated carbocycles. The van der Waals surface area contributed by atoms with Gasteiger partial charge >= 0.3 is 5.97 Å². The lowest BCUT2D eigenvalue weighted by molar-refractivity contribution is -0.167. The fourth-order valence-electron chi connectivity index (χ4n) is 8.69. The number of ketones is 1. The minimum Gasteiger partial charge on any atom is -0.469 e. The Hall–Kier alpha value is -0.860. The Morgan fingerprint density at radius 3 is 2.06 bits per heavy atom. The van der Waals surface area contributed by atoms with Gasteiger partial charge in [-0.1, -0.05) is 75.2 Å². The first kappa shape index (κ1) is 31.2. The van der Waals surface area contributed by atoms with Crippen molar-refractivity contribution in [1.29, 1.82) is 0 Å². The Bertz CT molecular complexity index is 628. The normalized spacial score (nSPS) is 39.9. The summed E-state index contributed by atoms with van der Waals surface area (Å²) in [5.74, 6) is 3.46. The highest BCUT2D eigenvalue weighted by molar-refractivity contribution is 5.86. The molecule has 0 spiro atoms. The van der Waals surface area contributed by atoms with E-state index in [4.69, 9.17) is 4.74 Å².